The molecule has 1 aromatic heterocycles. The molecule has 0 aliphatic heterocycles. The van der Waals surface area contributed by atoms with Crippen LogP contribution in [0.2, 0.25) is 0 Å². The van der Waals surface area contributed by atoms with Gasteiger partial charge in [-0.1, -0.05) is 36.7 Å². The molecule has 0 radical (unpaired) electrons. The Morgan fingerprint density at radius 2 is 1.89 bits per heavy atom. The lowest BCUT2D eigenvalue weighted by Gasteiger charge is -2.18. The molecule has 0 aliphatic carbocycles. The third-order valence-electron chi connectivity index (χ3n) is 2.65. The van der Waals surface area contributed by atoms with Gasteiger partial charge in [-0.25, -0.2) is 4.79 Å². The molecular formula is C13H12Br2O3. The molecule has 0 unspecified atom stereocenters. The molecule has 0 saturated carbocycles. The zero-order chi connectivity index (χ0) is 13.7. The second kappa shape index (κ2) is 4.38. The first-order valence-corrected chi connectivity index (χ1v) is 6.95. The first-order valence-electron chi connectivity index (χ1n) is 5.37. The van der Waals surface area contributed by atoms with Crippen LogP contribution in [0.3, 0.4) is 0 Å². The smallest absolute Gasteiger partial charge is 0.372 e. The van der Waals surface area contributed by atoms with Gasteiger partial charge in [0.2, 0.25) is 5.76 Å². The molecule has 0 spiro atoms. The minimum Gasteiger partial charge on any atom is -0.475 e. The summed E-state index contributed by atoms with van der Waals surface area (Å²) < 4.78 is 7.13. The number of hydrogen-bond donors (Lipinski definition) is 1. The summed E-state index contributed by atoms with van der Waals surface area (Å²) in [6.07, 6.45) is 0. The number of fused-ring (bicyclic) bond motifs is 1. The van der Waals surface area contributed by atoms with E-state index in [1.165, 1.54) is 0 Å². The lowest BCUT2D eigenvalue weighted by Crippen LogP contribution is -2.15. The van der Waals surface area contributed by atoms with Crippen molar-refractivity contribution in [2.75, 3.05) is 0 Å². The molecular weight excluding hydrogens is 364 g/mol. The standard InChI is InChI=1S/C13H12Br2O3/c1-13(2,3)9-7-4-6(14)5-8(15)10(7)18-11(9)12(16)17/h4-5H,1-3H3,(H,16,17). The van der Waals surface area contributed by atoms with Gasteiger partial charge >= 0.3 is 5.97 Å². The molecule has 0 saturated heterocycles. The quantitative estimate of drug-likeness (QED) is 0.766. The van der Waals surface area contributed by atoms with Crippen molar-refractivity contribution >= 4 is 48.8 Å². The number of aromatic carboxylic acids is 1. The van der Waals surface area contributed by atoms with Gasteiger partial charge < -0.3 is 9.52 Å². The van der Waals surface area contributed by atoms with Crippen molar-refractivity contribution in [2.45, 2.75) is 26.2 Å². The minimum absolute atomic E-state index is 0.0105. The Kier molecular flexibility index (Phi) is 3.32. The van der Waals surface area contributed by atoms with Crippen LogP contribution in [0.1, 0.15) is 36.9 Å². The highest BCUT2D eigenvalue weighted by atomic mass is 79.9. The van der Waals surface area contributed by atoms with Crippen molar-refractivity contribution in [3.05, 3.63) is 32.4 Å². The van der Waals surface area contributed by atoms with Crippen molar-refractivity contribution in [3.8, 4) is 0 Å². The average Bonchev–Trinajstić information content (AvgIpc) is 2.56. The number of carboxylic acid groups (broad SMARTS) is 1. The van der Waals surface area contributed by atoms with Crippen molar-refractivity contribution in [2.24, 2.45) is 0 Å². The average molecular weight is 376 g/mol. The molecule has 1 heterocycles. The van der Waals surface area contributed by atoms with Crippen LogP contribution in [0, 0.1) is 0 Å². The predicted molar refractivity (Wildman–Crippen MR) is 77.3 cm³/mol. The van der Waals surface area contributed by atoms with Gasteiger partial charge in [0.1, 0.15) is 5.58 Å². The van der Waals surface area contributed by atoms with E-state index >= 15 is 0 Å². The molecule has 96 valence electrons. The highest BCUT2D eigenvalue weighted by Gasteiger charge is 2.29. The van der Waals surface area contributed by atoms with Gasteiger partial charge in [0.15, 0.2) is 0 Å². The molecule has 0 amide bonds. The Morgan fingerprint density at radius 1 is 1.28 bits per heavy atom. The van der Waals surface area contributed by atoms with Crippen molar-refractivity contribution in [1.29, 1.82) is 0 Å². The highest BCUT2D eigenvalue weighted by molar-refractivity contribution is 9.11. The van der Waals surface area contributed by atoms with Crippen LogP contribution >= 0.6 is 31.9 Å². The maximum absolute atomic E-state index is 11.3. The fraction of sp³-hybridized carbons (Fsp3) is 0.308. The van der Waals surface area contributed by atoms with Crippen LogP contribution < -0.4 is 0 Å². The third kappa shape index (κ3) is 2.21. The summed E-state index contributed by atoms with van der Waals surface area (Å²) in [4.78, 5) is 11.3. The van der Waals surface area contributed by atoms with Crippen LogP contribution in [0.4, 0.5) is 0 Å². The van der Waals surface area contributed by atoms with Crippen molar-refractivity contribution in [3.63, 3.8) is 0 Å². The van der Waals surface area contributed by atoms with E-state index < -0.39 is 5.97 Å². The maximum Gasteiger partial charge on any atom is 0.372 e. The summed E-state index contributed by atoms with van der Waals surface area (Å²) in [5.41, 5.74) is 0.978. The van der Waals surface area contributed by atoms with Gasteiger partial charge in [0.25, 0.3) is 0 Å². The fourth-order valence-corrected chi connectivity index (χ4v) is 3.33. The molecule has 0 aliphatic rings. The van der Waals surface area contributed by atoms with Crippen LogP contribution in [0.5, 0.6) is 0 Å². The third-order valence-corrected chi connectivity index (χ3v) is 3.70. The van der Waals surface area contributed by atoms with Gasteiger partial charge in [-0.05, 0) is 33.5 Å². The van der Waals surface area contributed by atoms with Gasteiger partial charge in [-0.15, -0.1) is 0 Å². The molecule has 5 heteroatoms. The van der Waals surface area contributed by atoms with E-state index in [2.05, 4.69) is 31.9 Å². The van der Waals surface area contributed by atoms with E-state index in [1.54, 1.807) is 0 Å². The molecule has 1 aromatic carbocycles. The lowest BCUT2D eigenvalue weighted by molar-refractivity contribution is 0.0661. The van der Waals surface area contributed by atoms with E-state index in [4.69, 9.17) is 4.42 Å². The number of furan rings is 1. The van der Waals surface area contributed by atoms with Gasteiger partial charge in [0, 0.05) is 15.4 Å². The van der Waals surface area contributed by atoms with E-state index in [9.17, 15) is 9.90 Å². The van der Waals surface area contributed by atoms with E-state index in [-0.39, 0.29) is 11.2 Å². The Bertz CT molecular complexity index is 636. The topological polar surface area (TPSA) is 50.4 Å². The highest BCUT2D eigenvalue weighted by Crippen LogP contribution is 2.40. The van der Waals surface area contributed by atoms with Crippen LogP contribution in [0.15, 0.2) is 25.5 Å². The van der Waals surface area contributed by atoms with Crippen LogP contribution in [-0.2, 0) is 5.41 Å². The molecule has 0 fully saturated rings. The summed E-state index contributed by atoms with van der Waals surface area (Å²) >= 11 is 6.81. The van der Waals surface area contributed by atoms with Crippen LogP contribution in [-0.4, -0.2) is 11.1 Å². The molecule has 0 bridgehead atoms. The van der Waals surface area contributed by atoms with E-state index in [1.807, 2.05) is 32.9 Å². The van der Waals surface area contributed by atoms with Gasteiger partial charge in [0.05, 0.1) is 4.47 Å². The molecule has 0 atom stereocenters. The summed E-state index contributed by atoms with van der Waals surface area (Å²) in [6, 6.07) is 3.72. The number of halogens is 2. The molecule has 1 N–H and O–H groups in total. The second-order valence-electron chi connectivity index (χ2n) is 5.13. The largest absolute Gasteiger partial charge is 0.475 e. The minimum atomic E-state index is -1.04. The zero-order valence-electron chi connectivity index (χ0n) is 10.2. The normalized spacial score (nSPS) is 12.1. The Morgan fingerprint density at radius 3 is 2.39 bits per heavy atom. The SMILES string of the molecule is CC(C)(C)c1c(C(=O)O)oc2c(Br)cc(Br)cc12. The van der Waals surface area contributed by atoms with Crippen LogP contribution in [0.25, 0.3) is 11.0 Å². The second-order valence-corrected chi connectivity index (χ2v) is 6.90. The number of carbonyl (C=O) groups is 1. The molecule has 2 aromatic rings. The van der Waals surface area contributed by atoms with Gasteiger partial charge in [-0.3, -0.25) is 0 Å². The monoisotopic (exact) mass is 374 g/mol. The lowest BCUT2D eigenvalue weighted by atomic mass is 9.85. The predicted octanol–water partition coefficient (Wildman–Crippen LogP) is 4.95. The maximum atomic E-state index is 11.3. The van der Waals surface area contributed by atoms with E-state index in [0.29, 0.717) is 11.1 Å². The first-order chi connectivity index (χ1) is 8.21. The molecule has 3 nitrogen and oxygen atoms in total. The summed E-state index contributed by atoms with van der Waals surface area (Å²) in [5, 5.41) is 10.1. The number of benzene rings is 1. The van der Waals surface area contributed by atoms with Crippen molar-refractivity contribution in [1.82, 2.24) is 0 Å². The Hall–Kier alpha value is -0.810. The Labute approximate surface area is 121 Å². The number of rotatable bonds is 1. The number of carboxylic acids is 1. The summed E-state index contributed by atoms with van der Waals surface area (Å²) in [6.45, 7) is 5.91. The molecule has 2 rings (SSSR count). The molecule has 18 heavy (non-hydrogen) atoms. The van der Waals surface area contributed by atoms with Gasteiger partial charge in [-0.2, -0.15) is 0 Å². The summed E-state index contributed by atoms with van der Waals surface area (Å²) in [5.74, 6) is -1.03. The number of hydrogen-bond acceptors (Lipinski definition) is 2. The van der Waals surface area contributed by atoms with E-state index in [0.717, 1.165) is 14.3 Å². The Balaban J connectivity index is 2.95. The summed E-state index contributed by atoms with van der Waals surface area (Å²) in [7, 11) is 0. The zero-order valence-corrected chi connectivity index (χ0v) is 13.3. The van der Waals surface area contributed by atoms with Crippen molar-refractivity contribution < 1.29 is 14.3 Å². The fourth-order valence-electron chi connectivity index (χ4n) is 2.02. The first kappa shape index (κ1) is 13.6.